The quantitative estimate of drug-likeness (QED) is 0.538. The van der Waals surface area contributed by atoms with E-state index in [0.717, 1.165) is 18.6 Å². The number of nitrogens with one attached hydrogen (secondary N) is 1. The van der Waals surface area contributed by atoms with Gasteiger partial charge in [0.15, 0.2) is 11.5 Å². The molecule has 4 rings (SSSR count). The van der Waals surface area contributed by atoms with Gasteiger partial charge in [0.05, 0.1) is 11.1 Å². The molecule has 0 unspecified atom stereocenters. The number of anilines is 1. The summed E-state index contributed by atoms with van der Waals surface area (Å²) in [6, 6.07) is 6.62. The molecule has 5 nitrogen and oxygen atoms in total. The highest BCUT2D eigenvalue weighted by atomic mass is 19.4. The Morgan fingerprint density at radius 2 is 1.90 bits per heavy atom. The number of halogens is 3. The van der Waals surface area contributed by atoms with Gasteiger partial charge in [-0.15, -0.1) is 5.10 Å². The Balaban J connectivity index is 1.53. The van der Waals surface area contributed by atoms with Crippen LogP contribution in [0.25, 0.3) is 17.8 Å². The predicted molar refractivity (Wildman–Crippen MR) is 113 cm³/mol. The van der Waals surface area contributed by atoms with Crippen molar-refractivity contribution in [1.29, 1.82) is 0 Å². The van der Waals surface area contributed by atoms with Crippen molar-refractivity contribution in [2.24, 2.45) is 5.92 Å². The van der Waals surface area contributed by atoms with Crippen LogP contribution in [0.3, 0.4) is 0 Å². The van der Waals surface area contributed by atoms with Gasteiger partial charge in [-0.25, -0.2) is 9.50 Å². The molecule has 0 saturated heterocycles. The van der Waals surface area contributed by atoms with Crippen LogP contribution in [0.15, 0.2) is 42.7 Å². The number of hydrogen-bond acceptors (Lipinski definition) is 3. The number of fused-ring (bicyclic) bond motifs is 1. The van der Waals surface area contributed by atoms with Crippen LogP contribution in [-0.2, 0) is 11.0 Å². The lowest BCUT2D eigenvalue weighted by atomic mass is 10.0. The third-order valence-electron chi connectivity index (χ3n) is 5.62. The number of carbonyl (C=O) groups is 1. The summed E-state index contributed by atoms with van der Waals surface area (Å²) in [5, 5.41) is 7.29. The van der Waals surface area contributed by atoms with Crippen molar-refractivity contribution in [2.75, 3.05) is 5.32 Å². The zero-order valence-corrected chi connectivity index (χ0v) is 16.9. The van der Waals surface area contributed by atoms with Crippen LogP contribution in [-0.4, -0.2) is 20.5 Å². The van der Waals surface area contributed by atoms with Crippen molar-refractivity contribution >= 4 is 29.5 Å². The molecule has 1 N–H and O–H groups in total. The van der Waals surface area contributed by atoms with Gasteiger partial charge in [-0.3, -0.25) is 4.79 Å². The molecule has 1 amide bonds. The third kappa shape index (κ3) is 5.13. The van der Waals surface area contributed by atoms with Gasteiger partial charge in [0.2, 0.25) is 5.91 Å². The maximum absolute atomic E-state index is 12.8. The van der Waals surface area contributed by atoms with Crippen molar-refractivity contribution < 1.29 is 18.0 Å². The molecule has 1 saturated carbocycles. The van der Waals surface area contributed by atoms with E-state index < -0.39 is 11.7 Å². The fourth-order valence-corrected chi connectivity index (χ4v) is 3.94. The lowest BCUT2D eigenvalue weighted by molar-refractivity contribution is -0.137. The Labute approximate surface area is 178 Å². The zero-order valence-electron chi connectivity index (χ0n) is 16.9. The van der Waals surface area contributed by atoms with E-state index in [-0.39, 0.29) is 5.91 Å². The molecule has 0 bridgehead atoms. The molecule has 0 radical (unpaired) electrons. The van der Waals surface area contributed by atoms with Crippen LogP contribution in [0.2, 0.25) is 0 Å². The lowest BCUT2D eigenvalue weighted by Gasteiger charge is -2.08. The minimum Gasteiger partial charge on any atom is -0.309 e. The molecule has 162 valence electrons. The number of hydrogen-bond donors (Lipinski definition) is 1. The minimum absolute atomic E-state index is 0.0977. The predicted octanol–water partition coefficient (Wildman–Crippen LogP) is 5.83. The molecule has 8 heteroatoms. The number of benzene rings is 1. The summed E-state index contributed by atoms with van der Waals surface area (Å²) >= 11 is 0. The molecule has 3 aromatic rings. The monoisotopic (exact) mass is 428 g/mol. The van der Waals surface area contributed by atoms with Crippen LogP contribution in [0.4, 0.5) is 19.0 Å². The van der Waals surface area contributed by atoms with Gasteiger partial charge in [0.25, 0.3) is 0 Å². The van der Waals surface area contributed by atoms with Crippen LogP contribution < -0.4 is 5.32 Å². The van der Waals surface area contributed by atoms with Crippen LogP contribution in [0.1, 0.15) is 55.2 Å². The number of alkyl halides is 3. The van der Waals surface area contributed by atoms with Crippen molar-refractivity contribution in [3.63, 3.8) is 0 Å². The van der Waals surface area contributed by atoms with E-state index in [9.17, 15) is 18.0 Å². The topological polar surface area (TPSA) is 59.3 Å². The SMILES string of the molecule is O=C(CCC1CCCC1)Nc1nn2cccnc2c1/C=C/c1ccc(C(F)(F)F)cc1. The van der Waals surface area contributed by atoms with Crippen LogP contribution in [0.5, 0.6) is 0 Å². The average molecular weight is 428 g/mol. The highest BCUT2D eigenvalue weighted by molar-refractivity contribution is 5.94. The van der Waals surface area contributed by atoms with Gasteiger partial charge >= 0.3 is 6.18 Å². The Morgan fingerprint density at radius 3 is 2.61 bits per heavy atom. The first-order chi connectivity index (χ1) is 14.9. The summed E-state index contributed by atoms with van der Waals surface area (Å²) in [6.45, 7) is 0. The Morgan fingerprint density at radius 1 is 1.16 bits per heavy atom. The van der Waals surface area contributed by atoms with E-state index in [1.54, 1.807) is 35.1 Å². The zero-order chi connectivity index (χ0) is 21.8. The minimum atomic E-state index is -4.37. The van der Waals surface area contributed by atoms with Crippen molar-refractivity contribution in [1.82, 2.24) is 14.6 Å². The molecule has 0 aliphatic heterocycles. The third-order valence-corrected chi connectivity index (χ3v) is 5.62. The molecule has 0 atom stereocenters. The van der Waals surface area contributed by atoms with Crippen LogP contribution in [0, 0.1) is 5.92 Å². The first-order valence-electron chi connectivity index (χ1n) is 10.4. The second-order valence-corrected chi connectivity index (χ2v) is 7.84. The summed E-state index contributed by atoms with van der Waals surface area (Å²) in [4.78, 5) is 16.8. The summed E-state index contributed by atoms with van der Waals surface area (Å²) in [6.07, 6.45) is 8.54. The normalized spacial score (nSPS) is 15.2. The number of carbonyl (C=O) groups excluding carboxylic acids is 1. The molecule has 1 fully saturated rings. The van der Waals surface area contributed by atoms with Gasteiger partial charge in [-0.2, -0.15) is 13.2 Å². The number of aromatic nitrogens is 3. The van der Waals surface area contributed by atoms with Crippen LogP contribution >= 0.6 is 0 Å². The van der Waals surface area contributed by atoms with Crippen molar-refractivity contribution in [3.05, 3.63) is 59.4 Å². The highest BCUT2D eigenvalue weighted by Crippen LogP contribution is 2.30. The van der Waals surface area contributed by atoms with E-state index in [1.807, 2.05) is 0 Å². The van der Waals surface area contributed by atoms with E-state index in [1.165, 1.54) is 37.8 Å². The number of amides is 1. The fraction of sp³-hybridized carbons (Fsp3) is 0.348. The molecule has 31 heavy (non-hydrogen) atoms. The van der Waals surface area contributed by atoms with Gasteiger partial charge in [0.1, 0.15) is 0 Å². The molecular formula is C23H23F3N4O. The molecule has 1 aromatic carbocycles. The number of nitrogens with zero attached hydrogens (tertiary/aromatic N) is 3. The first-order valence-corrected chi connectivity index (χ1v) is 10.4. The lowest BCUT2D eigenvalue weighted by Crippen LogP contribution is -2.13. The van der Waals surface area contributed by atoms with E-state index >= 15 is 0 Å². The van der Waals surface area contributed by atoms with Gasteiger partial charge in [0, 0.05) is 18.8 Å². The highest BCUT2D eigenvalue weighted by Gasteiger charge is 2.29. The van der Waals surface area contributed by atoms with E-state index in [4.69, 9.17) is 0 Å². The van der Waals surface area contributed by atoms with Gasteiger partial charge in [-0.1, -0.05) is 43.9 Å². The fourth-order valence-electron chi connectivity index (χ4n) is 3.94. The Kier molecular flexibility index (Phi) is 6.06. The smallest absolute Gasteiger partial charge is 0.309 e. The molecule has 1 aliphatic rings. The van der Waals surface area contributed by atoms with Gasteiger partial charge < -0.3 is 5.32 Å². The van der Waals surface area contributed by atoms with Crippen molar-refractivity contribution in [2.45, 2.75) is 44.7 Å². The Bertz CT molecular complexity index is 1080. The molecule has 2 aromatic heterocycles. The summed E-state index contributed by atoms with van der Waals surface area (Å²) < 4.78 is 39.9. The molecule has 2 heterocycles. The van der Waals surface area contributed by atoms with E-state index in [2.05, 4.69) is 15.4 Å². The molecular weight excluding hydrogens is 405 g/mol. The van der Waals surface area contributed by atoms with Gasteiger partial charge in [-0.05, 0) is 42.2 Å². The first kappa shape index (κ1) is 21.1. The summed E-state index contributed by atoms with van der Waals surface area (Å²) in [5.74, 6) is 0.908. The second kappa shape index (κ2) is 8.91. The standard InChI is InChI=1S/C23H23F3N4O/c24-23(25,26)18-10-6-17(7-11-18)8-12-19-21(29-30-15-3-14-27-22(19)30)28-20(31)13-9-16-4-1-2-5-16/h3,6-8,10-12,14-16H,1-2,4-5,9,13H2,(H,28,29,31)/b12-8+. The molecule has 0 spiro atoms. The maximum atomic E-state index is 12.8. The number of rotatable bonds is 6. The Hall–Kier alpha value is -3.16. The van der Waals surface area contributed by atoms with E-state index in [0.29, 0.717) is 34.9 Å². The largest absolute Gasteiger partial charge is 0.416 e. The maximum Gasteiger partial charge on any atom is 0.416 e. The second-order valence-electron chi connectivity index (χ2n) is 7.84. The summed E-state index contributed by atoms with van der Waals surface area (Å²) in [5.41, 5.74) is 1.06. The summed E-state index contributed by atoms with van der Waals surface area (Å²) in [7, 11) is 0. The average Bonchev–Trinajstić information content (AvgIpc) is 3.38. The van der Waals surface area contributed by atoms with Crippen molar-refractivity contribution in [3.8, 4) is 0 Å². The molecule has 1 aliphatic carbocycles.